The van der Waals surface area contributed by atoms with E-state index in [1.54, 1.807) is 18.6 Å². The molecule has 1 fully saturated rings. The number of likely N-dealkylation sites (N-methyl/N-ethyl adjacent to an activating group) is 1. The molecule has 0 aliphatic carbocycles. The van der Waals surface area contributed by atoms with Crippen LogP contribution >= 0.6 is 0 Å². The van der Waals surface area contributed by atoms with Crippen molar-refractivity contribution < 1.29 is 4.79 Å². The second-order valence-corrected chi connectivity index (χ2v) is 9.60. The first-order valence-corrected chi connectivity index (χ1v) is 12.5. The van der Waals surface area contributed by atoms with Gasteiger partial charge in [0.25, 0.3) is 5.91 Å². The summed E-state index contributed by atoms with van der Waals surface area (Å²) in [7, 11) is 2.18. The average molecular weight is 478 g/mol. The molecule has 1 unspecified atom stereocenters. The molecule has 5 rings (SSSR count). The SMILES string of the molecule is Cc1ccc(C(=O)Nc2ccc(C3CCCN(C)C3)cc2)cc1Cc1nccc(-c2cccnc2)n1. The van der Waals surface area contributed by atoms with Crippen molar-refractivity contribution in [3.8, 4) is 11.3 Å². The number of rotatable bonds is 6. The number of nitrogens with one attached hydrogen (secondary N) is 1. The van der Waals surface area contributed by atoms with Gasteiger partial charge in [-0.2, -0.15) is 0 Å². The Labute approximate surface area is 212 Å². The standard InChI is InChI=1S/C30H31N5O/c1-21-7-8-23(17-26(21)18-29-32-15-13-28(34-29)24-5-3-14-31-19-24)30(36)33-27-11-9-22(10-12-27)25-6-4-16-35(2)20-25/h3,5,7-15,17,19,25H,4,6,16,18,20H2,1-2H3,(H,33,36). The Balaban J connectivity index is 1.28. The minimum Gasteiger partial charge on any atom is -0.322 e. The highest BCUT2D eigenvalue weighted by atomic mass is 16.1. The van der Waals surface area contributed by atoms with Crippen LogP contribution in [0.15, 0.2) is 79.3 Å². The number of benzene rings is 2. The largest absolute Gasteiger partial charge is 0.322 e. The summed E-state index contributed by atoms with van der Waals surface area (Å²) in [6, 6.07) is 19.9. The van der Waals surface area contributed by atoms with Crippen molar-refractivity contribution >= 4 is 11.6 Å². The fourth-order valence-electron chi connectivity index (χ4n) is 4.81. The van der Waals surface area contributed by atoms with Gasteiger partial charge in [-0.3, -0.25) is 9.78 Å². The molecule has 1 aliphatic heterocycles. The number of anilines is 1. The van der Waals surface area contributed by atoms with Crippen molar-refractivity contribution in [3.63, 3.8) is 0 Å². The lowest BCUT2D eigenvalue weighted by atomic mass is 9.91. The molecule has 1 atom stereocenters. The van der Waals surface area contributed by atoms with Crippen LogP contribution < -0.4 is 5.32 Å². The lowest BCUT2D eigenvalue weighted by Crippen LogP contribution is -2.30. The van der Waals surface area contributed by atoms with E-state index in [9.17, 15) is 4.79 Å². The van der Waals surface area contributed by atoms with Gasteiger partial charge >= 0.3 is 0 Å². The number of aromatic nitrogens is 3. The summed E-state index contributed by atoms with van der Waals surface area (Å²) < 4.78 is 0. The van der Waals surface area contributed by atoms with Gasteiger partial charge < -0.3 is 10.2 Å². The molecule has 182 valence electrons. The first-order chi connectivity index (χ1) is 17.5. The maximum Gasteiger partial charge on any atom is 0.255 e. The van der Waals surface area contributed by atoms with Crippen LogP contribution in [0.25, 0.3) is 11.3 Å². The van der Waals surface area contributed by atoms with Gasteiger partial charge in [-0.1, -0.05) is 18.2 Å². The van der Waals surface area contributed by atoms with Crippen LogP contribution in [-0.4, -0.2) is 45.9 Å². The number of piperidine rings is 1. The summed E-state index contributed by atoms with van der Waals surface area (Å²) in [5, 5.41) is 3.05. The molecular formula is C30H31N5O. The molecule has 0 bridgehead atoms. The number of hydrogen-bond acceptors (Lipinski definition) is 5. The van der Waals surface area contributed by atoms with E-state index in [0.717, 1.165) is 34.6 Å². The molecule has 4 aromatic rings. The summed E-state index contributed by atoms with van der Waals surface area (Å²) in [4.78, 5) is 28.8. The molecule has 1 amide bonds. The van der Waals surface area contributed by atoms with Gasteiger partial charge in [-0.15, -0.1) is 0 Å². The summed E-state index contributed by atoms with van der Waals surface area (Å²) >= 11 is 0. The maximum absolute atomic E-state index is 13.0. The third kappa shape index (κ3) is 5.66. The first kappa shape index (κ1) is 23.8. The quantitative estimate of drug-likeness (QED) is 0.397. The van der Waals surface area contributed by atoms with Crippen molar-refractivity contribution in [2.75, 3.05) is 25.5 Å². The highest BCUT2D eigenvalue weighted by Gasteiger charge is 2.19. The number of pyridine rings is 1. The third-order valence-corrected chi connectivity index (χ3v) is 6.89. The predicted octanol–water partition coefficient (Wildman–Crippen LogP) is 5.50. The van der Waals surface area contributed by atoms with Crippen LogP contribution in [0.1, 0.15) is 51.6 Å². The summed E-state index contributed by atoms with van der Waals surface area (Å²) in [5.41, 5.74) is 6.69. The molecule has 0 radical (unpaired) electrons. The van der Waals surface area contributed by atoms with Gasteiger partial charge in [-0.25, -0.2) is 9.97 Å². The topological polar surface area (TPSA) is 71.0 Å². The Bertz CT molecular complexity index is 1340. The molecule has 36 heavy (non-hydrogen) atoms. The lowest BCUT2D eigenvalue weighted by molar-refractivity contribution is 0.102. The molecule has 1 N–H and O–H groups in total. The van der Waals surface area contributed by atoms with Crippen LogP contribution in [0.5, 0.6) is 0 Å². The fraction of sp³-hybridized carbons (Fsp3) is 0.267. The number of likely N-dealkylation sites (tertiary alicyclic amines) is 1. The van der Waals surface area contributed by atoms with E-state index >= 15 is 0 Å². The minimum atomic E-state index is -0.119. The molecular weight excluding hydrogens is 446 g/mol. The van der Waals surface area contributed by atoms with Crippen molar-refractivity contribution in [1.29, 1.82) is 0 Å². The highest BCUT2D eigenvalue weighted by molar-refractivity contribution is 6.04. The van der Waals surface area contributed by atoms with Gasteiger partial charge in [0.2, 0.25) is 0 Å². The summed E-state index contributed by atoms with van der Waals surface area (Å²) in [6.45, 7) is 4.31. The first-order valence-electron chi connectivity index (χ1n) is 12.5. The number of aryl methyl sites for hydroxylation is 1. The van der Waals surface area contributed by atoms with Crippen molar-refractivity contribution in [3.05, 3.63) is 107 Å². The smallest absolute Gasteiger partial charge is 0.255 e. The fourth-order valence-corrected chi connectivity index (χ4v) is 4.81. The van der Waals surface area contributed by atoms with Crippen molar-refractivity contribution in [1.82, 2.24) is 19.9 Å². The number of carbonyl (C=O) groups excluding carboxylic acids is 1. The molecule has 1 aliphatic rings. The van der Waals surface area contributed by atoms with Crippen LogP contribution in [0.2, 0.25) is 0 Å². The van der Waals surface area contributed by atoms with E-state index < -0.39 is 0 Å². The van der Waals surface area contributed by atoms with E-state index in [-0.39, 0.29) is 5.91 Å². The van der Waals surface area contributed by atoms with Gasteiger partial charge in [0.05, 0.1) is 5.69 Å². The van der Waals surface area contributed by atoms with Gasteiger partial charge in [0, 0.05) is 48.4 Å². The molecule has 0 saturated carbocycles. The van der Waals surface area contributed by atoms with Gasteiger partial charge in [0.15, 0.2) is 0 Å². The second-order valence-electron chi connectivity index (χ2n) is 9.60. The van der Waals surface area contributed by atoms with Crippen LogP contribution in [0, 0.1) is 6.92 Å². The highest BCUT2D eigenvalue weighted by Crippen LogP contribution is 2.27. The Morgan fingerprint density at radius 1 is 1.08 bits per heavy atom. The van der Waals surface area contributed by atoms with E-state index in [1.807, 2.05) is 55.5 Å². The Morgan fingerprint density at radius 2 is 1.94 bits per heavy atom. The van der Waals surface area contributed by atoms with E-state index in [1.165, 1.54) is 24.9 Å². The zero-order valence-electron chi connectivity index (χ0n) is 20.8. The molecule has 2 aromatic carbocycles. The molecule has 1 saturated heterocycles. The Hall–Kier alpha value is -3.90. The van der Waals surface area contributed by atoms with Crippen LogP contribution in [-0.2, 0) is 6.42 Å². The minimum absolute atomic E-state index is 0.119. The molecule has 2 aromatic heterocycles. The number of hydrogen-bond donors (Lipinski definition) is 1. The summed E-state index contributed by atoms with van der Waals surface area (Å²) in [6.07, 6.45) is 8.31. The van der Waals surface area contributed by atoms with Crippen LogP contribution in [0.4, 0.5) is 5.69 Å². The number of carbonyl (C=O) groups is 1. The van der Waals surface area contributed by atoms with Gasteiger partial charge in [0.1, 0.15) is 5.82 Å². The Kier molecular flexibility index (Phi) is 7.14. The lowest BCUT2D eigenvalue weighted by Gasteiger charge is -2.30. The normalized spacial score (nSPS) is 16.0. The molecule has 0 spiro atoms. The van der Waals surface area contributed by atoms with E-state index in [0.29, 0.717) is 23.7 Å². The zero-order chi connectivity index (χ0) is 24.9. The number of amides is 1. The number of nitrogens with zero attached hydrogens (tertiary/aromatic N) is 4. The Morgan fingerprint density at radius 3 is 2.72 bits per heavy atom. The van der Waals surface area contributed by atoms with Crippen molar-refractivity contribution in [2.45, 2.75) is 32.1 Å². The van der Waals surface area contributed by atoms with Crippen molar-refractivity contribution in [2.24, 2.45) is 0 Å². The predicted molar refractivity (Wildman–Crippen MR) is 143 cm³/mol. The maximum atomic E-state index is 13.0. The average Bonchev–Trinajstić information content (AvgIpc) is 2.91. The van der Waals surface area contributed by atoms with E-state index in [2.05, 4.69) is 39.4 Å². The van der Waals surface area contributed by atoms with E-state index in [4.69, 9.17) is 4.98 Å². The van der Waals surface area contributed by atoms with Gasteiger partial charge in [-0.05, 0) is 98.4 Å². The monoisotopic (exact) mass is 477 g/mol. The second kappa shape index (κ2) is 10.8. The zero-order valence-corrected chi connectivity index (χ0v) is 20.8. The third-order valence-electron chi connectivity index (χ3n) is 6.89. The molecule has 6 nitrogen and oxygen atoms in total. The molecule has 6 heteroatoms. The molecule has 3 heterocycles. The summed E-state index contributed by atoms with van der Waals surface area (Å²) in [5.74, 6) is 1.15. The van der Waals surface area contributed by atoms with Crippen LogP contribution in [0.3, 0.4) is 0 Å².